The highest BCUT2D eigenvalue weighted by Gasteiger charge is 2.22. The van der Waals surface area contributed by atoms with Crippen LogP contribution in [0.15, 0.2) is 24.3 Å². The van der Waals surface area contributed by atoms with Crippen molar-refractivity contribution in [1.29, 1.82) is 0 Å². The van der Waals surface area contributed by atoms with Crippen LogP contribution in [0.5, 0.6) is 11.5 Å². The van der Waals surface area contributed by atoms with Gasteiger partial charge in [-0.3, -0.25) is 0 Å². The van der Waals surface area contributed by atoms with Crippen LogP contribution in [0.2, 0.25) is 0 Å². The molecule has 0 aromatic heterocycles. The molecular weight excluding hydrogens is 356 g/mol. The maximum Gasteiger partial charge on any atom is 0.119 e. The third kappa shape index (κ3) is 4.47. The van der Waals surface area contributed by atoms with E-state index in [9.17, 15) is 10.2 Å². The summed E-state index contributed by atoms with van der Waals surface area (Å²) in [4.78, 5) is 0. The second-order valence-electron chi connectivity index (χ2n) is 9.52. The lowest BCUT2D eigenvalue weighted by Gasteiger charge is -2.25. The highest BCUT2D eigenvalue weighted by molar-refractivity contribution is 5.49. The van der Waals surface area contributed by atoms with Crippen molar-refractivity contribution in [3.05, 3.63) is 57.6 Å². The van der Waals surface area contributed by atoms with Gasteiger partial charge in [-0.15, -0.1) is 0 Å². The van der Waals surface area contributed by atoms with Gasteiger partial charge in [-0.05, 0) is 103 Å². The van der Waals surface area contributed by atoms with Crippen LogP contribution in [-0.4, -0.2) is 10.2 Å². The van der Waals surface area contributed by atoms with Gasteiger partial charge in [-0.25, -0.2) is 0 Å². The summed E-state index contributed by atoms with van der Waals surface area (Å²) in [5.41, 5.74) is 7.24. The van der Waals surface area contributed by atoms with Gasteiger partial charge in [0.25, 0.3) is 0 Å². The Balaban J connectivity index is 1.64. The van der Waals surface area contributed by atoms with Crippen LogP contribution < -0.4 is 0 Å². The van der Waals surface area contributed by atoms with Gasteiger partial charge < -0.3 is 10.2 Å². The maximum absolute atomic E-state index is 10.6. The Morgan fingerprint density at radius 3 is 1.38 bits per heavy atom. The molecule has 2 saturated carbocycles. The molecule has 2 aliphatic rings. The number of aromatic hydroxyl groups is 2. The van der Waals surface area contributed by atoms with Crippen LogP contribution in [0.1, 0.15) is 109 Å². The Morgan fingerprint density at radius 2 is 1.00 bits per heavy atom. The molecule has 0 aliphatic heterocycles. The standard InChI is InChI=1S/C27H36O2/c1-18-13-26(28)24(20-9-5-3-6-10-20)16-22(18)15-23-17-25(27(29)14-19(23)2)21-11-7-4-8-12-21/h13-14,16-17,20-21,28-29H,3-12,15H2,1-2H3. The van der Waals surface area contributed by atoms with Crippen LogP contribution in [0.25, 0.3) is 0 Å². The Bertz CT molecular complexity index is 784. The summed E-state index contributed by atoms with van der Waals surface area (Å²) in [7, 11) is 0. The first kappa shape index (κ1) is 20.3. The average Bonchev–Trinajstić information content (AvgIpc) is 2.73. The molecule has 0 radical (unpaired) electrons. The minimum Gasteiger partial charge on any atom is -0.508 e. The molecule has 0 bridgehead atoms. The van der Waals surface area contributed by atoms with Crippen molar-refractivity contribution < 1.29 is 10.2 Å². The van der Waals surface area contributed by atoms with Crippen LogP contribution in [0.3, 0.4) is 0 Å². The molecule has 0 atom stereocenters. The molecule has 0 spiro atoms. The van der Waals surface area contributed by atoms with E-state index >= 15 is 0 Å². The highest BCUT2D eigenvalue weighted by Crippen LogP contribution is 2.41. The van der Waals surface area contributed by atoms with Crippen molar-refractivity contribution in [3.63, 3.8) is 0 Å². The molecule has 29 heavy (non-hydrogen) atoms. The number of hydrogen-bond acceptors (Lipinski definition) is 2. The van der Waals surface area contributed by atoms with Crippen molar-refractivity contribution in [2.45, 2.75) is 96.3 Å². The van der Waals surface area contributed by atoms with Crippen LogP contribution in [0.4, 0.5) is 0 Å². The van der Waals surface area contributed by atoms with Crippen molar-refractivity contribution in [2.24, 2.45) is 0 Å². The van der Waals surface area contributed by atoms with E-state index in [1.165, 1.54) is 75.3 Å². The van der Waals surface area contributed by atoms with Gasteiger partial charge >= 0.3 is 0 Å². The molecule has 2 heteroatoms. The highest BCUT2D eigenvalue weighted by atomic mass is 16.3. The van der Waals surface area contributed by atoms with Crippen molar-refractivity contribution in [3.8, 4) is 11.5 Å². The van der Waals surface area contributed by atoms with E-state index in [0.29, 0.717) is 23.3 Å². The Kier molecular flexibility index (Phi) is 6.18. The fourth-order valence-electron chi connectivity index (χ4n) is 5.58. The SMILES string of the molecule is Cc1cc(O)c(C2CCCCC2)cc1Cc1cc(C2CCCCC2)c(O)cc1C. The fraction of sp³-hybridized carbons (Fsp3) is 0.556. The minimum absolute atomic E-state index is 0.475. The summed E-state index contributed by atoms with van der Waals surface area (Å²) < 4.78 is 0. The van der Waals surface area contributed by atoms with Gasteiger partial charge in [-0.1, -0.05) is 50.7 Å². The van der Waals surface area contributed by atoms with Crippen molar-refractivity contribution >= 4 is 0 Å². The Hall–Kier alpha value is -1.96. The first-order valence-corrected chi connectivity index (χ1v) is 11.7. The Labute approximate surface area is 176 Å². The molecule has 0 heterocycles. The number of rotatable bonds is 4. The molecule has 2 fully saturated rings. The summed E-state index contributed by atoms with van der Waals surface area (Å²) in [6, 6.07) is 8.48. The van der Waals surface area contributed by atoms with Gasteiger partial charge in [0.05, 0.1) is 0 Å². The van der Waals surface area contributed by atoms with E-state index in [1.54, 1.807) is 0 Å². The lowest BCUT2D eigenvalue weighted by atomic mass is 9.81. The zero-order valence-corrected chi connectivity index (χ0v) is 18.1. The van der Waals surface area contributed by atoms with E-state index in [0.717, 1.165) is 28.7 Å². The molecule has 2 aliphatic carbocycles. The predicted octanol–water partition coefficient (Wildman–Crippen LogP) is 7.40. The van der Waals surface area contributed by atoms with E-state index in [2.05, 4.69) is 26.0 Å². The molecule has 0 amide bonds. The second kappa shape index (κ2) is 8.81. The van der Waals surface area contributed by atoms with E-state index < -0.39 is 0 Å². The number of hydrogen-bond donors (Lipinski definition) is 2. The van der Waals surface area contributed by atoms with Gasteiger partial charge in [-0.2, -0.15) is 0 Å². The van der Waals surface area contributed by atoms with Crippen LogP contribution in [0, 0.1) is 13.8 Å². The molecule has 4 rings (SSSR count). The first-order chi connectivity index (χ1) is 14.0. The molecule has 0 unspecified atom stereocenters. The summed E-state index contributed by atoms with van der Waals surface area (Å²) >= 11 is 0. The molecular formula is C27H36O2. The van der Waals surface area contributed by atoms with Gasteiger partial charge in [0, 0.05) is 0 Å². The lowest BCUT2D eigenvalue weighted by molar-refractivity contribution is 0.413. The topological polar surface area (TPSA) is 40.5 Å². The maximum atomic E-state index is 10.6. The van der Waals surface area contributed by atoms with Crippen molar-refractivity contribution in [1.82, 2.24) is 0 Å². The van der Waals surface area contributed by atoms with Crippen LogP contribution in [-0.2, 0) is 6.42 Å². The number of benzene rings is 2. The van der Waals surface area contributed by atoms with E-state index in [4.69, 9.17) is 0 Å². The monoisotopic (exact) mass is 392 g/mol. The zero-order valence-electron chi connectivity index (χ0n) is 18.1. The summed E-state index contributed by atoms with van der Waals surface area (Å²) in [6.07, 6.45) is 13.4. The Morgan fingerprint density at radius 1 is 0.621 bits per heavy atom. The molecule has 2 nitrogen and oxygen atoms in total. The van der Waals surface area contributed by atoms with Crippen LogP contribution >= 0.6 is 0 Å². The van der Waals surface area contributed by atoms with E-state index in [-0.39, 0.29) is 0 Å². The smallest absolute Gasteiger partial charge is 0.119 e. The third-order valence-corrected chi connectivity index (χ3v) is 7.44. The summed E-state index contributed by atoms with van der Waals surface area (Å²) in [5, 5.41) is 21.2. The second-order valence-corrected chi connectivity index (χ2v) is 9.52. The zero-order chi connectivity index (χ0) is 20.4. The number of aryl methyl sites for hydroxylation is 2. The predicted molar refractivity (Wildman–Crippen MR) is 120 cm³/mol. The molecule has 2 N–H and O–H groups in total. The van der Waals surface area contributed by atoms with Gasteiger partial charge in [0.1, 0.15) is 11.5 Å². The van der Waals surface area contributed by atoms with Crippen molar-refractivity contribution in [2.75, 3.05) is 0 Å². The largest absolute Gasteiger partial charge is 0.508 e. The van der Waals surface area contributed by atoms with E-state index in [1.807, 2.05) is 12.1 Å². The molecule has 2 aromatic carbocycles. The minimum atomic E-state index is 0.475. The molecule has 2 aromatic rings. The number of phenolic OH excluding ortho intramolecular Hbond substituents is 2. The first-order valence-electron chi connectivity index (χ1n) is 11.7. The van der Waals surface area contributed by atoms with Gasteiger partial charge in [0.15, 0.2) is 0 Å². The summed E-state index contributed by atoms with van der Waals surface area (Å²) in [5.74, 6) is 1.95. The normalized spacial score (nSPS) is 18.8. The fourth-order valence-corrected chi connectivity index (χ4v) is 5.58. The molecule has 156 valence electrons. The average molecular weight is 393 g/mol. The third-order valence-electron chi connectivity index (χ3n) is 7.44. The molecule has 0 saturated heterocycles. The van der Waals surface area contributed by atoms with Gasteiger partial charge in [0.2, 0.25) is 0 Å². The lowest BCUT2D eigenvalue weighted by Crippen LogP contribution is -2.08. The quantitative estimate of drug-likeness (QED) is 0.569. The number of phenols is 2. The summed E-state index contributed by atoms with van der Waals surface area (Å²) in [6.45, 7) is 4.22.